The predicted octanol–water partition coefficient (Wildman–Crippen LogP) is 2.78. The minimum atomic E-state index is 0.0897. The Morgan fingerprint density at radius 2 is 1.92 bits per heavy atom. The first-order chi connectivity index (χ1) is 11.7. The van der Waals surface area contributed by atoms with Gasteiger partial charge in [0.05, 0.1) is 20.8 Å². The molecule has 24 heavy (non-hydrogen) atoms. The fourth-order valence-corrected chi connectivity index (χ4v) is 2.78. The number of carbonyl (C=O) groups excluding carboxylic acids is 1. The molecule has 0 aliphatic carbocycles. The number of hydrogen-bond donors (Lipinski definition) is 0. The van der Waals surface area contributed by atoms with E-state index in [9.17, 15) is 4.79 Å². The standard InChI is InChI=1S/C19H20N2O3/c1-23-17-8-7-14(11-18(17)24-2)12-20-9-10-21-13-15-5-3-4-6-16(15)19(21)22/h3-8,11-12H,9-10,13H2,1-2H3. The molecule has 0 atom stereocenters. The number of benzene rings is 2. The zero-order valence-electron chi connectivity index (χ0n) is 13.9. The van der Waals surface area contributed by atoms with Crippen molar-refractivity contribution in [2.24, 2.45) is 4.99 Å². The Morgan fingerprint density at radius 3 is 2.67 bits per heavy atom. The van der Waals surface area contributed by atoms with Gasteiger partial charge in [-0.3, -0.25) is 9.79 Å². The Bertz CT molecular complexity index is 771. The van der Waals surface area contributed by atoms with Gasteiger partial charge in [-0.1, -0.05) is 18.2 Å². The SMILES string of the molecule is COc1ccc(C=NCCN2Cc3ccccc3C2=O)cc1OC. The highest BCUT2D eigenvalue weighted by atomic mass is 16.5. The maximum atomic E-state index is 12.3. The van der Waals surface area contributed by atoms with E-state index in [-0.39, 0.29) is 5.91 Å². The number of methoxy groups -OCH3 is 2. The highest BCUT2D eigenvalue weighted by molar-refractivity contribution is 5.98. The van der Waals surface area contributed by atoms with E-state index in [1.165, 1.54) is 0 Å². The number of nitrogens with zero attached hydrogens (tertiary/aromatic N) is 2. The summed E-state index contributed by atoms with van der Waals surface area (Å²) in [6.07, 6.45) is 1.79. The third-order valence-corrected chi connectivity index (χ3v) is 4.04. The lowest BCUT2D eigenvalue weighted by molar-refractivity contribution is 0.0783. The van der Waals surface area contributed by atoms with E-state index in [4.69, 9.17) is 9.47 Å². The van der Waals surface area contributed by atoms with Crippen molar-refractivity contribution in [3.63, 3.8) is 0 Å². The zero-order valence-corrected chi connectivity index (χ0v) is 13.9. The Hall–Kier alpha value is -2.82. The van der Waals surface area contributed by atoms with Crippen molar-refractivity contribution in [3.8, 4) is 11.5 Å². The third kappa shape index (κ3) is 3.25. The van der Waals surface area contributed by atoms with Gasteiger partial charge in [0.15, 0.2) is 11.5 Å². The van der Waals surface area contributed by atoms with Gasteiger partial charge in [-0.25, -0.2) is 0 Å². The number of hydrogen-bond acceptors (Lipinski definition) is 4. The molecule has 2 aromatic carbocycles. The summed E-state index contributed by atoms with van der Waals surface area (Å²) in [4.78, 5) is 18.5. The van der Waals surface area contributed by atoms with Gasteiger partial charge in [-0.15, -0.1) is 0 Å². The van der Waals surface area contributed by atoms with E-state index in [0.29, 0.717) is 31.1 Å². The minimum absolute atomic E-state index is 0.0897. The van der Waals surface area contributed by atoms with Crippen LogP contribution in [0.2, 0.25) is 0 Å². The molecule has 0 saturated carbocycles. The summed E-state index contributed by atoms with van der Waals surface area (Å²) in [5, 5.41) is 0. The number of fused-ring (bicyclic) bond motifs is 1. The van der Waals surface area contributed by atoms with Crippen LogP contribution in [0.1, 0.15) is 21.5 Å². The molecule has 5 heteroatoms. The topological polar surface area (TPSA) is 51.1 Å². The van der Waals surface area contributed by atoms with Gasteiger partial charge in [-0.05, 0) is 35.4 Å². The molecule has 0 bridgehead atoms. The number of rotatable bonds is 6. The Morgan fingerprint density at radius 1 is 1.12 bits per heavy atom. The summed E-state index contributed by atoms with van der Waals surface area (Å²) < 4.78 is 10.5. The van der Waals surface area contributed by atoms with E-state index in [1.807, 2.05) is 47.4 Å². The van der Waals surface area contributed by atoms with Crippen LogP contribution in [0.5, 0.6) is 11.5 Å². The van der Waals surface area contributed by atoms with Crippen LogP contribution < -0.4 is 9.47 Å². The molecule has 2 aromatic rings. The van der Waals surface area contributed by atoms with E-state index in [1.54, 1.807) is 20.4 Å². The van der Waals surface area contributed by atoms with Crippen LogP contribution in [0.4, 0.5) is 0 Å². The molecule has 3 rings (SSSR count). The van der Waals surface area contributed by atoms with Gasteiger partial charge in [0.25, 0.3) is 5.91 Å². The van der Waals surface area contributed by atoms with Gasteiger partial charge >= 0.3 is 0 Å². The average molecular weight is 324 g/mol. The first-order valence-electron chi connectivity index (χ1n) is 7.82. The first kappa shape index (κ1) is 16.1. The lowest BCUT2D eigenvalue weighted by Gasteiger charge is -2.13. The molecule has 0 spiro atoms. The molecule has 0 fully saturated rings. The first-order valence-corrected chi connectivity index (χ1v) is 7.82. The molecule has 0 saturated heterocycles. The number of amides is 1. The zero-order chi connectivity index (χ0) is 16.9. The highest BCUT2D eigenvalue weighted by Gasteiger charge is 2.25. The molecule has 1 heterocycles. The Labute approximate surface area is 141 Å². The number of carbonyl (C=O) groups is 1. The summed E-state index contributed by atoms with van der Waals surface area (Å²) in [7, 11) is 3.21. The molecule has 0 unspecified atom stereocenters. The van der Waals surface area contributed by atoms with Crippen LogP contribution >= 0.6 is 0 Å². The maximum absolute atomic E-state index is 12.3. The number of ether oxygens (including phenoxy) is 2. The molecule has 0 aromatic heterocycles. The van der Waals surface area contributed by atoms with E-state index < -0.39 is 0 Å². The van der Waals surface area contributed by atoms with Crippen LogP contribution in [0, 0.1) is 0 Å². The van der Waals surface area contributed by atoms with Gasteiger partial charge in [0.1, 0.15) is 0 Å². The smallest absolute Gasteiger partial charge is 0.254 e. The van der Waals surface area contributed by atoms with Crippen molar-refractivity contribution < 1.29 is 14.3 Å². The monoisotopic (exact) mass is 324 g/mol. The van der Waals surface area contributed by atoms with Gasteiger partial charge < -0.3 is 14.4 Å². The molecular weight excluding hydrogens is 304 g/mol. The van der Waals surface area contributed by atoms with Crippen molar-refractivity contribution in [1.29, 1.82) is 0 Å². The molecule has 5 nitrogen and oxygen atoms in total. The lowest BCUT2D eigenvalue weighted by atomic mass is 10.1. The molecular formula is C19H20N2O3. The van der Waals surface area contributed by atoms with E-state index >= 15 is 0 Å². The second-order valence-corrected chi connectivity index (χ2v) is 5.53. The number of aliphatic imine (C=N–C) groups is 1. The second kappa shape index (κ2) is 7.17. The van der Waals surface area contributed by atoms with Crippen LogP contribution in [0.3, 0.4) is 0 Å². The highest BCUT2D eigenvalue weighted by Crippen LogP contribution is 2.27. The van der Waals surface area contributed by atoms with Gasteiger partial charge in [-0.2, -0.15) is 0 Å². The molecule has 0 N–H and O–H groups in total. The fraction of sp³-hybridized carbons (Fsp3) is 0.263. The Balaban J connectivity index is 1.57. The lowest BCUT2D eigenvalue weighted by Crippen LogP contribution is -2.26. The third-order valence-electron chi connectivity index (χ3n) is 4.04. The van der Waals surface area contributed by atoms with Gasteiger partial charge in [0, 0.05) is 24.9 Å². The summed E-state index contributed by atoms with van der Waals surface area (Å²) in [5.41, 5.74) is 2.83. The normalized spacial score (nSPS) is 13.4. The minimum Gasteiger partial charge on any atom is -0.493 e. The van der Waals surface area contributed by atoms with Gasteiger partial charge in [0.2, 0.25) is 0 Å². The molecule has 1 aliphatic heterocycles. The maximum Gasteiger partial charge on any atom is 0.254 e. The predicted molar refractivity (Wildman–Crippen MR) is 93.2 cm³/mol. The van der Waals surface area contributed by atoms with Crippen molar-refractivity contribution >= 4 is 12.1 Å². The summed E-state index contributed by atoms with van der Waals surface area (Å²) >= 11 is 0. The summed E-state index contributed by atoms with van der Waals surface area (Å²) in [6, 6.07) is 13.4. The van der Waals surface area contributed by atoms with Crippen LogP contribution in [-0.4, -0.2) is 44.3 Å². The molecule has 1 aliphatic rings. The summed E-state index contributed by atoms with van der Waals surface area (Å²) in [6.45, 7) is 1.84. The average Bonchev–Trinajstić information content (AvgIpc) is 2.95. The second-order valence-electron chi connectivity index (χ2n) is 5.53. The summed E-state index contributed by atoms with van der Waals surface area (Å²) in [5.74, 6) is 1.45. The van der Waals surface area contributed by atoms with Crippen LogP contribution in [0.15, 0.2) is 47.5 Å². The van der Waals surface area contributed by atoms with Crippen molar-refractivity contribution in [2.75, 3.05) is 27.3 Å². The molecule has 124 valence electrons. The van der Waals surface area contributed by atoms with Crippen molar-refractivity contribution in [3.05, 3.63) is 59.2 Å². The van der Waals surface area contributed by atoms with E-state index in [2.05, 4.69) is 4.99 Å². The quantitative estimate of drug-likeness (QED) is 0.768. The molecule has 1 amide bonds. The van der Waals surface area contributed by atoms with Crippen molar-refractivity contribution in [1.82, 2.24) is 4.90 Å². The van der Waals surface area contributed by atoms with Crippen LogP contribution in [-0.2, 0) is 6.54 Å². The van der Waals surface area contributed by atoms with Crippen LogP contribution in [0.25, 0.3) is 0 Å². The molecule has 0 radical (unpaired) electrons. The van der Waals surface area contributed by atoms with E-state index in [0.717, 1.165) is 16.7 Å². The largest absolute Gasteiger partial charge is 0.493 e. The Kier molecular flexibility index (Phi) is 4.79. The fourth-order valence-electron chi connectivity index (χ4n) is 2.78. The van der Waals surface area contributed by atoms with Crippen molar-refractivity contribution in [2.45, 2.75) is 6.54 Å².